The molecular formula is C21H22FN5OS. The van der Waals surface area contributed by atoms with Crippen molar-refractivity contribution in [1.29, 1.82) is 0 Å². The van der Waals surface area contributed by atoms with Crippen LogP contribution in [-0.4, -0.2) is 33.9 Å². The van der Waals surface area contributed by atoms with E-state index in [0.29, 0.717) is 22.2 Å². The fraction of sp³-hybridized carbons (Fsp3) is 0.286. The SMILES string of the molecule is O=C(Nc1nc(CN2CCCCC2)cs1)c1cccnc1Nc1cccc(F)c1. The van der Waals surface area contributed by atoms with Crippen LogP contribution in [0.3, 0.4) is 0 Å². The van der Waals surface area contributed by atoms with Crippen LogP contribution in [-0.2, 0) is 6.54 Å². The quantitative estimate of drug-likeness (QED) is 0.617. The summed E-state index contributed by atoms with van der Waals surface area (Å²) in [6.45, 7) is 3.01. The molecule has 1 aliphatic heterocycles. The van der Waals surface area contributed by atoms with E-state index in [1.807, 2.05) is 5.38 Å². The highest BCUT2D eigenvalue weighted by Crippen LogP contribution is 2.23. The molecule has 150 valence electrons. The number of hydrogen-bond acceptors (Lipinski definition) is 6. The Kier molecular flexibility index (Phi) is 6.12. The third-order valence-corrected chi connectivity index (χ3v) is 5.55. The van der Waals surface area contributed by atoms with Crippen LogP contribution in [0.2, 0.25) is 0 Å². The van der Waals surface area contributed by atoms with Crippen molar-refractivity contribution >= 4 is 33.9 Å². The molecule has 3 heterocycles. The predicted molar refractivity (Wildman–Crippen MR) is 113 cm³/mol. The highest BCUT2D eigenvalue weighted by atomic mass is 32.1. The van der Waals surface area contributed by atoms with Gasteiger partial charge in [-0.3, -0.25) is 15.0 Å². The number of carbonyl (C=O) groups excluding carboxylic acids is 1. The van der Waals surface area contributed by atoms with Gasteiger partial charge >= 0.3 is 0 Å². The van der Waals surface area contributed by atoms with Gasteiger partial charge in [-0.2, -0.15) is 0 Å². The number of piperidine rings is 1. The standard InChI is InChI=1S/C21H22FN5OS/c22-15-6-4-7-16(12-15)24-19-18(8-5-9-23-19)20(28)26-21-25-17(14-29-21)13-27-10-2-1-3-11-27/h4-9,12,14H,1-3,10-11,13H2,(H,23,24)(H,25,26,28). The second-order valence-corrected chi connectivity index (χ2v) is 7.83. The summed E-state index contributed by atoms with van der Waals surface area (Å²) in [5.41, 5.74) is 1.86. The molecule has 1 saturated heterocycles. The zero-order valence-electron chi connectivity index (χ0n) is 15.9. The van der Waals surface area contributed by atoms with E-state index < -0.39 is 0 Å². The fourth-order valence-electron chi connectivity index (χ4n) is 3.34. The van der Waals surface area contributed by atoms with Crippen molar-refractivity contribution in [2.75, 3.05) is 23.7 Å². The van der Waals surface area contributed by atoms with E-state index in [4.69, 9.17) is 0 Å². The summed E-state index contributed by atoms with van der Waals surface area (Å²) in [7, 11) is 0. The second kappa shape index (κ2) is 9.11. The summed E-state index contributed by atoms with van der Waals surface area (Å²) >= 11 is 1.41. The number of benzene rings is 1. The van der Waals surface area contributed by atoms with Gasteiger partial charge in [0, 0.05) is 23.8 Å². The molecule has 3 aromatic rings. The van der Waals surface area contributed by atoms with Crippen LogP contribution in [0.5, 0.6) is 0 Å². The molecule has 2 aromatic heterocycles. The lowest BCUT2D eigenvalue weighted by Gasteiger charge is -2.25. The van der Waals surface area contributed by atoms with E-state index in [0.717, 1.165) is 25.3 Å². The predicted octanol–water partition coefficient (Wildman–Crippen LogP) is 4.66. The van der Waals surface area contributed by atoms with E-state index in [-0.39, 0.29) is 11.7 Å². The van der Waals surface area contributed by atoms with Crippen molar-refractivity contribution in [3.63, 3.8) is 0 Å². The molecule has 1 aliphatic rings. The van der Waals surface area contributed by atoms with Crippen LogP contribution in [0.15, 0.2) is 48.0 Å². The van der Waals surface area contributed by atoms with Crippen molar-refractivity contribution < 1.29 is 9.18 Å². The van der Waals surface area contributed by atoms with Gasteiger partial charge in [-0.25, -0.2) is 14.4 Å². The molecule has 1 amide bonds. The van der Waals surface area contributed by atoms with E-state index >= 15 is 0 Å². The topological polar surface area (TPSA) is 70.2 Å². The van der Waals surface area contributed by atoms with Crippen molar-refractivity contribution in [2.45, 2.75) is 25.8 Å². The molecule has 0 aliphatic carbocycles. The number of likely N-dealkylation sites (tertiary alicyclic amines) is 1. The molecule has 0 radical (unpaired) electrons. The minimum Gasteiger partial charge on any atom is -0.339 e. The Hall–Kier alpha value is -2.84. The van der Waals surface area contributed by atoms with Gasteiger partial charge in [0.15, 0.2) is 5.13 Å². The number of rotatable bonds is 6. The molecule has 0 unspecified atom stereocenters. The molecule has 29 heavy (non-hydrogen) atoms. The molecule has 1 fully saturated rings. The monoisotopic (exact) mass is 411 g/mol. The summed E-state index contributed by atoms with van der Waals surface area (Å²) in [5.74, 6) is -0.308. The third kappa shape index (κ3) is 5.16. The van der Waals surface area contributed by atoms with Crippen LogP contribution in [0.4, 0.5) is 21.0 Å². The lowest BCUT2D eigenvalue weighted by atomic mass is 10.1. The first-order chi connectivity index (χ1) is 14.2. The van der Waals surface area contributed by atoms with Crippen molar-refractivity contribution in [1.82, 2.24) is 14.9 Å². The second-order valence-electron chi connectivity index (χ2n) is 6.97. The summed E-state index contributed by atoms with van der Waals surface area (Å²) in [5, 5.41) is 8.40. The zero-order chi connectivity index (χ0) is 20.1. The third-order valence-electron chi connectivity index (χ3n) is 4.75. The van der Waals surface area contributed by atoms with E-state index in [2.05, 4.69) is 25.5 Å². The maximum Gasteiger partial charge on any atom is 0.261 e. The lowest BCUT2D eigenvalue weighted by molar-refractivity contribution is 0.102. The molecule has 0 spiro atoms. The van der Waals surface area contributed by atoms with Gasteiger partial charge in [-0.1, -0.05) is 12.5 Å². The fourth-order valence-corrected chi connectivity index (χ4v) is 4.04. The number of nitrogens with zero attached hydrogens (tertiary/aromatic N) is 3. The minimum absolute atomic E-state index is 0.309. The van der Waals surface area contributed by atoms with E-state index in [1.165, 1.54) is 42.7 Å². The Morgan fingerprint density at radius 1 is 1.17 bits per heavy atom. The van der Waals surface area contributed by atoms with Crippen LogP contribution >= 0.6 is 11.3 Å². The maximum atomic E-state index is 13.4. The summed E-state index contributed by atoms with van der Waals surface area (Å²) in [6.07, 6.45) is 5.34. The lowest BCUT2D eigenvalue weighted by Crippen LogP contribution is -2.29. The Morgan fingerprint density at radius 2 is 2.03 bits per heavy atom. The number of thiazole rings is 1. The first kappa shape index (κ1) is 19.5. The highest BCUT2D eigenvalue weighted by molar-refractivity contribution is 7.14. The smallest absolute Gasteiger partial charge is 0.261 e. The Balaban J connectivity index is 1.43. The normalized spacial score (nSPS) is 14.5. The van der Waals surface area contributed by atoms with Gasteiger partial charge in [0.05, 0.1) is 11.3 Å². The van der Waals surface area contributed by atoms with Gasteiger partial charge in [0.2, 0.25) is 0 Å². The number of halogens is 1. The van der Waals surface area contributed by atoms with Crippen LogP contribution in [0.1, 0.15) is 35.3 Å². The molecule has 0 saturated carbocycles. The van der Waals surface area contributed by atoms with Gasteiger partial charge in [0.25, 0.3) is 5.91 Å². The van der Waals surface area contributed by atoms with Gasteiger partial charge in [-0.05, 0) is 56.3 Å². The van der Waals surface area contributed by atoms with Gasteiger partial charge in [-0.15, -0.1) is 11.3 Å². The molecule has 0 bridgehead atoms. The zero-order valence-corrected chi connectivity index (χ0v) is 16.7. The number of nitrogens with one attached hydrogen (secondary N) is 2. The molecule has 0 atom stereocenters. The summed E-state index contributed by atoms with van der Waals surface area (Å²) in [6, 6.07) is 9.39. The maximum absolute atomic E-state index is 13.4. The van der Waals surface area contributed by atoms with Crippen molar-refractivity contribution in [2.24, 2.45) is 0 Å². The Bertz CT molecular complexity index is 986. The van der Waals surface area contributed by atoms with E-state index in [9.17, 15) is 9.18 Å². The highest BCUT2D eigenvalue weighted by Gasteiger charge is 2.16. The molecule has 8 heteroatoms. The minimum atomic E-state index is -0.360. The molecule has 1 aromatic carbocycles. The Morgan fingerprint density at radius 3 is 2.86 bits per heavy atom. The first-order valence-electron chi connectivity index (χ1n) is 9.63. The summed E-state index contributed by atoms with van der Waals surface area (Å²) in [4.78, 5) is 24.0. The molecule has 4 rings (SSSR count). The average Bonchev–Trinajstić information content (AvgIpc) is 3.16. The molecule has 6 nitrogen and oxygen atoms in total. The van der Waals surface area contributed by atoms with Crippen LogP contribution in [0, 0.1) is 5.82 Å². The number of hydrogen-bond donors (Lipinski definition) is 2. The average molecular weight is 412 g/mol. The van der Waals surface area contributed by atoms with Gasteiger partial charge < -0.3 is 5.32 Å². The number of aromatic nitrogens is 2. The van der Waals surface area contributed by atoms with Crippen molar-refractivity contribution in [3.8, 4) is 0 Å². The van der Waals surface area contributed by atoms with E-state index in [1.54, 1.807) is 30.5 Å². The van der Waals surface area contributed by atoms with Crippen LogP contribution < -0.4 is 10.6 Å². The molecular weight excluding hydrogens is 389 g/mol. The first-order valence-corrected chi connectivity index (χ1v) is 10.5. The number of carbonyl (C=O) groups is 1. The van der Waals surface area contributed by atoms with Gasteiger partial charge in [0.1, 0.15) is 11.6 Å². The summed E-state index contributed by atoms with van der Waals surface area (Å²) < 4.78 is 13.4. The van der Waals surface area contributed by atoms with Crippen molar-refractivity contribution in [3.05, 3.63) is 65.0 Å². The Labute approximate surface area is 172 Å². The largest absolute Gasteiger partial charge is 0.339 e. The number of amides is 1. The number of anilines is 3. The molecule has 2 N–H and O–H groups in total. The van der Waals surface area contributed by atoms with Crippen LogP contribution in [0.25, 0.3) is 0 Å². The number of pyridine rings is 1.